The molecule has 152 valence electrons. The van der Waals surface area contributed by atoms with Crippen LogP contribution >= 0.6 is 11.3 Å². The van der Waals surface area contributed by atoms with Crippen molar-refractivity contribution >= 4 is 43.3 Å². The lowest BCUT2D eigenvalue weighted by molar-refractivity contribution is -0.143. The summed E-state index contributed by atoms with van der Waals surface area (Å²) in [7, 11) is -3.34. The van der Waals surface area contributed by atoms with Crippen molar-refractivity contribution < 1.29 is 22.7 Å². The molecule has 0 spiro atoms. The molecule has 2 aromatic carbocycles. The van der Waals surface area contributed by atoms with E-state index in [1.54, 1.807) is 18.4 Å². The van der Waals surface area contributed by atoms with E-state index in [4.69, 9.17) is 4.74 Å². The van der Waals surface area contributed by atoms with Crippen LogP contribution in [0.1, 0.15) is 24.2 Å². The van der Waals surface area contributed by atoms with Gasteiger partial charge >= 0.3 is 5.97 Å². The standard InChI is InChI=1S/C20H20N2O5S2/c1-3-27-18(23)13-22-16-7-5-6-8-17(16)28-20(22)21-19(24)14-9-11-15(12-10-14)29(25,26)4-2/h5-12H,3-4,13H2,1-2H3. The third kappa shape index (κ3) is 4.63. The first-order valence-electron chi connectivity index (χ1n) is 9.01. The van der Waals surface area contributed by atoms with E-state index in [-0.39, 0.29) is 29.4 Å². The van der Waals surface area contributed by atoms with Crippen molar-refractivity contribution in [1.82, 2.24) is 4.57 Å². The number of carbonyl (C=O) groups excluding carboxylic acids is 2. The highest BCUT2D eigenvalue weighted by Crippen LogP contribution is 2.17. The van der Waals surface area contributed by atoms with Crippen LogP contribution in [0.5, 0.6) is 0 Å². The second-order valence-corrected chi connectivity index (χ2v) is 9.38. The monoisotopic (exact) mass is 432 g/mol. The molecule has 0 bridgehead atoms. The zero-order chi connectivity index (χ0) is 21.0. The van der Waals surface area contributed by atoms with E-state index < -0.39 is 21.7 Å². The molecule has 3 rings (SSSR count). The van der Waals surface area contributed by atoms with Crippen LogP contribution in [0.25, 0.3) is 10.2 Å². The summed E-state index contributed by atoms with van der Waals surface area (Å²) < 4.78 is 31.4. The summed E-state index contributed by atoms with van der Waals surface area (Å²) in [6.45, 7) is 3.50. The summed E-state index contributed by atoms with van der Waals surface area (Å²) >= 11 is 1.29. The Labute approximate surface area is 172 Å². The van der Waals surface area contributed by atoms with E-state index in [1.165, 1.54) is 35.6 Å². The van der Waals surface area contributed by atoms with Gasteiger partial charge in [-0.2, -0.15) is 4.99 Å². The minimum Gasteiger partial charge on any atom is -0.465 e. The number of ether oxygens (including phenoxy) is 1. The lowest BCUT2D eigenvalue weighted by atomic mass is 10.2. The van der Waals surface area contributed by atoms with Gasteiger partial charge in [0.25, 0.3) is 5.91 Å². The van der Waals surface area contributed by atoms with Crippen molar-refractivity contribution in [2.24, 2.45) is 4.99 Å². The number of rotatable bonds is 6. The number of hydrogen-bond donors (Lipinski definition) is 0. The van der Waals surface area contributed by atoms with Gasteiger partial charge in [-0.3, -0.25) is 9.59 Å². The molecule has 0 atom stereocenters. The number of esters is 1. The van der Waals surface area contributed by atoms with Crippen molar-refractivity contribution in [2.75, 3.05) is 12.4 Å². The van der Waals surface area contributed by atoms with Crippen molar-refractivity contribution in [3.8, 4) is 0 Å². The van der Waals surface area contributed by atoms with Gasteiger partial charge in [0.1, 0.15) is 6.54 Å². The van der Waals surface area contributed by atoms with Crippen molar-refractivity contribution in [3.63, 3.8) is 0 Å². The van der Waals surface area contributed by atoms with Crippen LogP contribution in [0.3, 0.4) is 0 Å². The van der Waals surface area contributed by atoms with Crippen LogP contribution in [-0.2, 0) is 25.9 Å². The smallest absolute Gasteiger partial charge is 0.326 e. The normalized spacial score (nSPS) is 12.3. The van der Waals surface area contributed by atoms with E-state index in [1.807, 2.05) is 24.3 Å². The molecular weight excluding hydrogens is 412 g/mol. The summed E-state index contributed by atoms with van der Waals surface area (Å²) in [6.07, 6.45) is 0. The Morgan fingerprint density at radius 1 is 1.07 bits per heavy atom. The van der Waals surface area contributed by atoms with Crippen molar-refractivity contribution in [2.45, 2.75) is 25.3 Å². The average molecular weight is 433 g/mol. The molecule has 1 heterocycles. The molecule has 0 saturated heterocycles. The van der Waals surface area contributed by atoms with E-state index in [9.17, 15) is 18.0 Å². The molecule has 3 aromatic rings. The van der Waals surface area contributed by atoms with E-state index in [0.29, 0.717) is 4.80 Å². The molecule has 29 heavy (non-hydrogen) atoms. The number of nitrogens with zero attached hydrogens (tertiary/aromatic N) is 2. The minimum atomic E-state index is -3.34. The molecule has 9 heteroatoms. The second-order valence-electron chi connectivity index (χ2n) is 6.09. The highest BCUT2D eigenvalue weighted by Gasteiger charge is 2.14. The summed E-state index contributed by atoms with van der Waals surface area (Å²) in [4.78, 5) is 29.4. The Bertz CT molecular complexity index is 1220. The van der Waals surface area contributed by atoms with E-state index >= 15 is 0 Å². The van der Waals surface area contributed by atoms with Gasteiger partial charge < -0.3 is 9.30 Å². The number of hydrogen-bond acceptors (Lipinski definition) is 6. The summed E-state index contributed by atoms with van der Waals surface area (Å²) in [5, 5.41) is 0. The predicted molar refractivity (Wildman–Crippen MR) is 111 cm³/mol. The van der Waals surface area contributed by atoms with Crippen LogP contribution < -0.4 is 4.80 Å². The number of amides is 1. The number of carbonyl (C=O) groups is 2. The molecular formula is C20H20N2O5S2. The Morgan fingerprint density at radius 2 is 1.76 bits per heavy atom. The van der Waals surface area contributed by atoms with Gasteiger partial charge in [0.05, 0.1) is 27.5 Å². The molecule has 0 fully saturated rings. The van der Waals surface area contributed by atoms with Gasteiger partial charge in [-0.05, 0) is 43.3 Å². The SMILES string of the molecule is CCOC(=O)Cn1c(=NC(=O)c2ccc(S(=O)(=O)CC)cc2)sc2ccccc21. The number of sulfone groups is 1. The summed E-state index contributed by atoms with van der Waals surface area (Å²) in [5.74, 6) is -0.950. The van der Waals surface area contributed by atoms with Gasteiger partial charge in [-0.25, -0.2) is 8.42 Å². The highest BCUT2D eigenvalue weighted by atomic mass is 32.2. The number of para-hydroxylation sites is 1. The van der Waals surface area contributed by atoms with Crippen molar-refractivity contribution in [1.29, 1.82) is 0 Å². The largest absolute Gasteiger partial charge is 0.465 e. The van der Waals surface area contributed by atoms with E-state index in [2.05, 4.69) is 4.99 Å². The summed E-state index contributed by atoms with van der Waals surface area (Å²) in [5.41, 5.74) is 1.04. The first kappa shape index (κ1) is 20.9. The number of aromatic nitrogens is 1. The number of thiazole rings is 1. The maximum Gasteiger partial charge on any atom is 0.326 e. The van der Waals surface area contributed by atoms with Crippen LogP contribution in [0.2, 0.25) is 0 Å². The third-order valence-electron chi connectivity index (χ3n) is 4.22. The van der Waals surface area contributed by atoms with Gasteiger partial charge in [-0.15, -0.1) is 0 Å². The fourth-order valence-electron chi connectivity index (χ4n) is 2.72. The molecule has 0 N–H and O–H groups in total. The highest BCUT2D eigenvalue weighted by molar-refractivity contribution is 7.91. The first-order valence-corrected chi connectivity index (χ1v) is 11.5. The minimum absolute atomic E-state index is 0.0136. The van der Waals surface area contributed by atoms with Gasteiger partial charge in [0, 0.05) is 5.56 Å². The third-order valence-corrected chi connectivity index (χ3v) is 7.03. The predicted octanol–water partition coefficient (Wildman–Crippen LogP) is 2.80. The Morgan fingerprint density at radius 3 is 2.41 bits per heavy atom. The molecule has 7 nitrogen and oxygen atoms in total. The molecule has 0 aliphatic carbocycles. The zero-order valence-electron chi connectivity index (χ0n) is 16.0. The maximum absolute atomic E-state index is 12.6. The molecule has 0 saturated carbocycles. The fraction of sp³-hybridized carbons (Fsp3) is 0.250. The van der Waals surface area contributed by atoms with Gasteiger partial charge in [0.15, 0.2) is 14.6 Å². The first-order chi connectivity index (χ1) is 13.9. The molecule has 0 unspecified atom stereocenters. The maximum atomic E-state index is 12.6. The molecule has 1 amide bonds. The average Bonchev–Trinajstić information content (AvgIpc) is 3.05. The topological polar surface area (TPSA) is 94.8 Å². The molecule has 0 aliphatic rings. The zero-order valence-corrected chi connectivity index (χ0v) is 17.6. The molecule has 0 radical (unpaired) electrons. The summed E-state index contributed by atoms with van der Waals surface area (Å²) in [6, 6.07) is 13.1. The molecule has 1 aromatic heterocycles. The Hall–Kier alpha value is -2.78. The van der Waals surface area contributed by atoms with Gasteiger partial charge in [-0.1, -0.05) is 30.4 Å². The van der Waals surface area contributed by atoms with Crippen LogP contribution in [0.15, 0.2) is 58.4 Å². The van der Waals surface area contributed by atoms with Crippen LogP contribution in [0.4, 0.5) is 0 Å². The Balaban J connectivity index is 2.01. The lowest BCUT2D eigenvalue weighted by Gasteiger charge is -2.05. The Kier molecular flexibility index (Phi) is 6.29. The second kappa shape index (κ2) is 8.71. The van der Waals surface area contributed by atoms with Crippen LogP contribution in [-0.4, -0.2) is 37.2 Å². The quantitative estimate of drug-likeness (QED) is 0.558. The van der Waals surface area contributed by atoms with Crippen molar-refractivity contribution in [3.05, 3.63) is 58.9 Å². The van der Waals surface area contributed by atoms with Gasteiger partial charge in [0.2, 0.25) is 0 Å². The lowest BCUT2D eigenvalue weighted by Crippen LogP contribution is -2.23. The van der Waals surface area contributed by atoms with Crippen LogP contribution in [0, 0.1) is 0 Å². The number of fused-ring (bicyclic) bond motifs is 1. The fourth-order valence-corrected chi connectivity index (χ4v) is 4.63. The molecule has 0 aliphatic heterocycles. The number of benzene rings is 2. The van der Waals surface area contributed by atoms with E-state index in [0.717, 1.165) is 10.2 Å².